The molecule has 4 rings (SSSR count). The molecule has 2 unspecified atom stereocenters. The van der Waals surface area contributed by atoms with Gasteiger partial charge in [-0.25, -0.2) is 9.07 Å². The van der Waals surface area contributed by atoms with E-state index in [1.54, 1.807) is 16.8 Å². The van der Waals surface area contributed by atoms with Crippen molar-refractivity contribution in [3.05, 3.63) is 47.0 Å². The molecule has 2 atom stereocenters. The van der Waals surface area contributed by atoms with Crippen LogP contribution in [-0.2, 0) is 11.2 Å². The molecule has 1 aromatic carbocycles. The fraction of sp³-hybridized carbons (Fsp3) is 0.524. The number of nitrogens with zero attached hydrogens (tertiary/aromatic N) is 3. The Labute approximate surface area is 159 Å². The predicted molar refractivity (Wildman–Crippen MR) is 102 cm³/mol. The summed E-state index contributed by atoms with van der Waals surface area (Å²) in [4.78, 5) is 14.9. The van der Waals surface area contributed by atoms with Gasteiger partial charge in [0.15, 0.2) is 0 Å². The highest BCUT2D eigenvalue weighted by atomic mass is 19.1. The minimum atomic E-state index is -0.270. The third-order valence-electron chi connectivity index (χ3n) is 6.23. The number of aromatic nitrogens is 2. The van der Waals surface area contributed by atoms with Crippen molar-refractivity contribution in [2.24, 2.45) is 0 Å². The highest BCUT2D eigenvalue weighted by molar-refractivity contribution is 5.79. The van der Waals surface area contributed by atoms with E-state index in [0.29, 0.717) is 24.5 Å². The van der Waals surface area contributed by atoms with E-state index < -0.39 is 0 Å². The number of benzene rings is 1. The van der Waals surface area contributed by atoms with E-state index >= 15 is 0 Å². The van der Waals surface area contributed by atoms with E-state index in [4.69, 9.17) is 0 Å². The minimum absolute atomic E-state index is 0.145. The Bertz CT molecular complexity index is 833. The maximum atomic E-state index is 13.2. The summed E-state index contributed by atoms with van der Waals surface area (Å²) >= 11 is 0. The van der Waals surface area contributed by atoms with Crippen LogP contribution in [0.4, 0.5) is 4.39 Å². The maximum Gasteiger partial charge on any atom is 0.227 e. The largest absolute Gasteiger partial charge is 0.342 e. The Morgan fingerprint density at radius 1 is 1.22 bits per heavy atom. The van der Waals surface area contributed by atoms with Gasteiger partial charge in [0.2, 0.25) is 5.91 Å². The second kappa shape index (κ2) is 7.08. The van der Waals surface area contributed by atoms with E-state index in [2.05, 4.69) is 10.4 Å². The Morgan fingerprint density at radius 3 is 2.48 bits per heavy atom. The van der Waals surface area contributed by atoms with E-state index in [-0.39, 0.29) is 11.7 Å². The molecule has 1 N–H and O–H groups in total. The van der Waals surface area contributed by atoms with Gasteiger partial charge in [-0.1, -0.05) is 0 Å². The molecule has 2 fully saturated rings. The second-order valence-electron chi connectivity index (χ2n) is 7.98. The molecule has 2 aromatic rings. The molecular formula is C21H27FN4O. The third-order valence-corrected chi connectivity index (χ3v) is 6.23. The van der Waals surface area contributed by atoms with Crippen LogP contribution in [0.2, 0.25) is 0 Å². The molecule has 6 heteroatoms. The summed E-state index contributed by atoms with van der Waals surface area (Å²) < 4.78 is 15.0. The van der Waals surface area contributed by atoms with Crippen LogP contribution >= 0.6 is 0 Å². The second-order valence-corrected chi connectivity index (χ2v) is 7.98. The lowest BCUT2D eigenvalue weighted by Gasteiger charge is -2.35. The van der Waals surface area contributed by atoms with Crippen LogP contribution < -0.4 is 5.32 Å². The SMILES string of the molecule is Cc1nn(-c2ccc(F)cc2)c(C)c1CC(=O)N(C)C1CC2CCC(C1)N2. The van der Waals surface area contributed by atoms with Crippen molar-refractivity contribution in [3.8, 4) is 5.69 Å². The molecule has 0 saturated carbocycles. The van der Waals surface area contributed by atoms with Crippen molar-refractivity contribution >= 4 is 5.91 Å². The molecule has 0 spiro atoms. The van der Waals surface area contributed by atoms with Crippen LogP contribution in [0, 0.1) is 19.7 Å². The summed E-state index contributed by atoms with van der Waals surface area (Å²) in [5.74, 6) is -0.126. The van der Waals surface area contributed by atoms with Crippen LogP contribution in [0.5, 0.6) is 0 Å². The van der Waals surface area contributed by atoms with Crippen molar-refractivity contribution in [1.82, 2.24) is 20.0 Å². The minimum Gasteiger partial charge on any atom is -0.342 e. The number of hydrogen-bond acceptors (Lipinski definition) is 3. The first-order valence-corrected chi connectivity index (χ1v) is 9.75. The van der Waals surface area contributed by atoms with Crippen molar-refractivity contribution < 1.29 is 9.18 Å². The Balaban J connectivity index is 1.50. The normalized spacial score (nSPS) is 24.2. The number of halogens is 1. The monoisotopic (exact) mass is 370 g/mol. The molecule has 5 nitrogen and oxygen atoms in total. The zero-order valence-electron chi connectivity index (χ0n) is 16.2. The van der Waals surface area contributed by atoms with Gasteiger partial charge in [-0.3, -0.25) is 4.79 Å². The summed E-state index contributed by atoms with van der Waals surface area (Å²) in [6, 6.07) is 7.71. The first-order chi connectivity index (χ1) is 12.9. The molecule has 144 valence electrons. The van der Waals surface area contributed by atoms with Gasteiger partial charge in [0.05, 0.1) is 17.8 Å². The van der Waals surface area contributed by atoms with Gasteiger partial charge < -0.3 is 10.2 Å². The number of aryl methyl sites for hydroxylation is 1. The molecule has 0 radical (unpaired) electrons. The average molecular weight is 370 g/mol. The number of hydrogen-bond donors (Lipinski definition) is 1. The topological polar surface area (TPSA) is 50.2 Å². The number of carbonyl (C=O) groups excluding carboxylic acids is 1. The van der Waals surface area contributed by atoms with E-state index in [1.165, 1.54) is 25.0 Å². The fourth-order valence-corrected chi connectivity index (χ4v) is 4.59. The van der Waals surface area contributed by atoms with Gasteiger partial charge in [-0.05, 0) is 63.8 Å². The van der Waals surface area contributed by atoms with Crippen molar-refractivity contribution in [1.29, 1.82) is 0 Å². The van der Waals surface area contributed by atoms with Gasteiger partial charge in [-0.2, -0.15) is 5.10 Å². The number of nitrogens with one attached hydrogen (secondary N) is 1. The van der Waals surface area contributed by atoms with E-state index in [1.807, 2.05) is 25.8 Å². The summed E-state index contributed by atoms with van der Waals surface area (Å²) in [6.07, 6.45) is 4.91. The Hall–Kier alpha value is -2.21. The lowest BCUT2D eigenvalue weighted by molar-refractivity contribution is -0.131. The first kappa shape index (κ1) is 18.2. The first-order valence-electron chi connectivity index (χ1n) is 9.75. The smallest absolute Gasteiger partial charge is 0.227 e. The number of piperidine rings is 1. The average Bonchev–Trinajstić information content (AvgIpc) is 3.14. The number of likely N-dealkylation sites (N-methyl/N-ethyl adjacent to an activating group) is 1. The lowest BCUT2D eigenvalue weighted by atomic mass is 9.98. The lowest BCUT2D eigenvalue weighted by Crippen LogP contribution is -2.49. The molecule has 1 amide bonds. The standard InChI is InChI=1S/C21H27FN4O/c1-13-20(14(2)26(24-13)18-8-4-15(22)5-9-18)12-21(27)25(3)19-10-16-6-7-17(11-19)23-16/h4-5,8-9,16-17,19,23H,6-7,10-12H2,1-3H3. The zero-order valence-corrected chi connectivity index (χ0v) is 16.2. The van der Waals surface area contributed by atoms with Crippen LogP contribution in [0.15, 0.2) is 24.3 Å². The van der Waals surface area contributed by atoms with Crippen LogP contribution in [0.3, 0.4) is 0 Å². The molecule has 3 heterocycles. The molecule has 2 aliphatic rings. The Morgan fingerprint density at radius 2 is 1.85 bits per heavy atom. The van der Waals surface area contributed by atoms with Gasteiger partial charge in [0.1, 0.15) is 5.82 Å². The molecule has 1 aromatic heterocycles. The van der Waals surface area contributed by atoms with E-state index in [9.17, 15) is 9.18 Å². The van der Waals surface area contributed by atoms with Gasteiger partial charge in [0.25, 0.3) is 0 Å². The number of fused-ring (bicyclic) bond motifs is 2. The zero-order chi connectivity index (χ0) is 19.1. The van der Waals surface area contributed by atoms with Crippen LogP contribution in [0.1, 0.15) is 42.6 Å². The number of amides is 1. The number of rotatable bonds is 4. The van der Waals surface area contributed by atoms with Crippen molar-refractivity contribution in [2.45, 2.75) is 64.1 Å². The molecule has 27 heavy (non-hydrogen) atoms. The van der Waals surface area contributed by atoms with Gasteiger partial charge >= 0.3 is 0 Å². The van der Waals surface area contributed by atoms with Gasteiger partial charge in [0, 0.05) is 36.4 Å². The molecule has 2 saturated heterocycles. The van der Waals surface area contributed by atoms with Crippen LogP contribution in [-0.4, -0.2) is 45.8 Å². The Kier molecular flexibility index (Phi) is 4.76. The van der Waals surface area contributed by atoms with Crippen LogP contribution in [0.25, 0.3) is 5.69 Å². The quantitative estimate of drug-likeness (QED) is 0.900. The highest BCUT2D eigenvalue weighted by Gasteiger charge is 2.36. The summed E-state index contributed by atoms with van der Waals surface area (Å²) in [6.45, 7) is 3.90. The van der Waals surface area contributed by atoms with Crippen molar-refractivity contribution in [3.63, 3.8) is 0 Å². The molecule has 2 bridgehead atoms. The molecule has 2 aliphatic heterocycles. The summed E-state index contributed by atoms with van der Waals surface area (Å²) in [5, 5.41) is 8.21. The third kappa shape index (κ3) is 3.50. The van der Waals surface area contributed by atoms with E-state index in [0.717, 1.165) is 35.5 Å². The summed E-state index contributed by atoms with van der Waals surface area (Å²) in [7, 11) is 1.94. The maximum absolute atomic E-state index is 13.2. The van der Waals surface area contributed by atoms with Crippen molar-refractivity contribution in [2.75, 3.05) is 7.05 Å². The summed E-state index contributed by atoms with van der Waals surface area (Å²) in [5.41, 5.74) is 3.56. The molecular weight excluding hydrogens is 343 g/mol. The highest BCUT2D eigenvalue weighted by Crippen LogP contribution is 2.30. The predicted octanol–water partition coefficient (Wildman–Crippen LogP) is 2.91. The molecule has 0 aliphatic carbocycles. The fourth-order valence-electron chi connectivity index (χ4n) is 4.59. The van der Waals surface area contributed by atoms with Gasteiger partial charge in [-0.15, -0.1) is 0 Å². The number of carbonyl (C=O) groups is 1.